The molecule has 0 saturated carbocycles. The van der Waals surface area contributed by atoms with Gasteiger partial charge in [0.25, 0.3) is 0 Å². The van der Waals surface area contributed by atoms with Crippen LogP contribution in [-0.4, -0.2) is 9.97 Å². The van der Waals surface area contributed by atoms with Gasteiger partial charge >= 0.3 is 0 Å². The van der Waals surface area contributed by atoms with E-state index in [1.54, 1.807) is 0 Å². The zero-order valence-electron chi connectivity index (χ0n) is 14.1. The van der Waals surface area contributed by atoms with E-state index < -0.39 is 0 Å². The van der Waals surface area contributed by atoms with Gasteiger partial charge in [-0.3, -0.25) is 4.98 Å². The smallest absolute Gasteiger partial charge is 0.0756 e. The van der Waals surface area contributed by atoms with Crippen molar-refractivity contribution in [3.05, 3.63) is 71.5 Å². The maximum absolute atomic E-state index is 5.06. The molecule has 0 unspecified atom stereocenters. The zero-order valence-corrected chi connectivity index (χ0v) is 14.1. The van der Waals surface area contributed by atoms with E-state index in [0.29, 0.717) is 0 Å². The van der Waals surface area contributed by atoms with Crippen LogP contribution in [0.5, 0.6) is 0 Å². The van der Waals surface area contributed by atoms with Crippen LogP contribution < -0.4 is 0 Å². The second kappa shape index (κ2) is 4.41. The van der Waals surface area contributed by atoms with Crippen molar-refractivity contribution in [2.45, 2.75) is 26.2 Å². The lowest BCUT2D eigenvalue weighted by Gasteiger charge is -2.34. The minimum atomic E-state index is -0.110. The molecule has 0 radical (unpaired) electrons. The van der Waals surface area contributed by atoms with E-state index in [1.165, 1.54) is 38.4 Å². The molecule has 0 N–H and O–H groups in total. The number of benzene rings is 2. The highest BCUT2D eigenvalue weighted by molar-refractivity contribution is 6.03. The van der Waals surface area contributed by atoms with Gasteiger partial charge in [-0.1, -0.05) is 43.7 Å². The third kappa shape index (κ3) is 1.66. The molecule has 4 aromatic rings. The van der Waals surface area contributed by atoms with Crippen LogP contribution in [0.2, 0.25) is 0 Å². The highest BCUT2D eigenvalue weighted by atomic mass is 14.7. The van der Waals surface area contributed by atoms with Gasteiger partial charge in [0.15, 0.2) is 0 Å². The fourth-order valence-corrected chi connectivity index (χ4v) is 4.03. The molecule has 1 aliphatic carbocycles. The summed E-state index contributed by atoms with van der Waals surface area (Å²) in [6, 6.07) is 15.2. The van der Waals surface area contributed by atoms with Crippen molar-refractivity contribution in [1.82, 2.24) is 9.97 Å². The fourth-order valence-electron chi connectivity index (χ4n) is 4.03. The summed E-state index contributed by atoms with van der Waals surface area (Å²) in [6.45, 7) is 6.69. The van der Waals surface area contributed by atoms with Crippen molar-refractivity contribution >= 4 is 21.7 Å². The average Bonchev–Trinajstić information content (AvgIpc) is 2.58. The molecule has 2 nitrogen and oxygen atoms in total. The standard InChI is InChI=1S/C22H18N2/c1-13-7-8-19-15(9-13)10-17-21(24-19)16-6-4-5-14-11-23-12-18(20(14)16)22(17,2)3/h4-12H,1-3H3. The zero-order chi connectivity index (χ0) is 16.5. The SMILES string of the molecule is Cc1ccc2nc3c(cc2c1)C(C)(C)c1cncc2cccc-3c12. The highest BCUT2D eigenvalue weighted by Crippen LogP contribution is 2.47. The van der Waals surface area contributed by atoms with Crippen LogP contribution in [0.15, 0.2) is 54.9 Å². The predicted octanol–water partition coefficient (Wildman–Crippen LogP) is 5.40. The number of fused-ring (bicyclic) bond motifs is 3. The third-order valence-electron chi connectivity index (χ3n) is 5.36. The van der Waals surface area contributed by atoms with Crippen molar-refractivity contribution in [2.75, 3.05) is 0 Å². The Balaban J connectivity index is 1.99. The van der Waals surface area contributed by atoms with Crippen LogP contribution in [0.1, 0.15) is 30.5 Å². The number of pyridine rings is 2. The molecule has 2 aromatic heterocycles. The molecule has 5 rings (SSSR count). The molecule has 0 saturated heterocycles. The van der Waals surface area contributed by atoms with Crippen molar-refractivity contribution in [3.63, 3.8) is 0 Å². The van der Waals surface area contributed by atoms with E-state index in [2.05, 4.69) is 68.2 Å². The maximum atomic E-state index is 5.06. The molecule has 0 aliphatic heterocycles. The van der Waals surface area contributed by atoms with Gasteiger partial charge in [0.05, 0.1) is 11.2 Å². The molecule has 1 aliphatic rings. The quantitative estimate of drug-likeness (QED) is 0.435. The molecule has 0 spiro atoms. The molecule has 0 amide bonds. The Hall–Kier alpha value is -2.74. The van der Waals surface area contributed by atoms with E-state index in [-0.39, 0.29) is 5.41 Å². The second-order valence-electron chi connectivity index (χ2n) is 7.30. The lowest BCUT2D eigenvalue weighted by Crippen LogP contribution is -2.24. The molecule has 2 heterocycles. The van der Waals surface area contributed by atoms with Crippen LogP contribution in [0.3, 0.4) is 0 Å². The van der Waals surface area contributed by atoms with E-state index in [0.717, 1.165) is 11.2 Å². The second-order valence-corrected chi connectivity index (χ2v) is 7.30. The molecule has 0 fully saturated rings. The molecular formula is C22H18N2. The van der Waals surface area contributed by atoms with Gasteiger partial charge in [-0.25, -0.2) is 4.98 Å². The van der Waals surface area contributed by atoms with Crippen LogP contribution in [0, 0.1) is 6.92 Å². The minimum Gasteiger partial charge on any atom is -0.264 e. The molecule has 24 heavy (non-hydrogen) atoms. The summed E-state index contributed by atoms with van der Waals surface area (Å²) in [6.07, 6.45) is 3.98. The van der Waals surface area contributed by atoms with Gasteiger partial charge in [0.2, 0.25) is 0 Å². The predicted molar refractivity (Wildman–Crippen MR) is 99.3 cm³/mol. The van der Waals surface area contributed by atoms with Crippen LogP contribution in [0.25, 0.3) is 32.9 Å². The molecule has 2 aromatic carbocycles. The Morgan fingerprint density at radius 2 is 1.75 bits per heavy atom. The molecule has 116 valence electrons. The third-order valence-corrected chi connectivity index (χ3v) is 5.36. The van der Waals surface area contributed by atoms with E-state index in [1.807, 2.05) is 12.4 Å². The van der Waals surface area contributed by atoms with E-state index >= 15 is 0 Å². The fraction of sp³-hybridized carbons (Fsp3) is 0.182. The monoisotopic (exact) mass is 310 g/mol. The largest absolute Gasteiger partial charge is 0.264 e. The van der Waals surface area contributed by atoms with Gasteiger partial charge in [-0.05, 0) is 41.6 Å². The first-order valence-corrected chi connectivity index (χ1v) is 8.35. The first kappa shape index (κ1) is 13.7. The normalized spacial score (nSPS) is 14.8. The summed E-state index contributed by atoms with van der Waals surface area (Å²) in [5.41, 5.74) is 7.13. The Morgan fingerprint density at radius 1 is 0.875 bits per heavy atom. The van der Waals surface area contributed by atoms with E-state index in [9.17, 15) is 0 Å². The van der Waals surface area contributed by atoms with Gasteiger partial charge in [0, 0.05) is 34.1 Å². The molecule has 0 atom stereocenters. The van der Waals surface area contributed by atoms with Gasteiger partial charge < -0.3 is 0 Å². The average molecular weight is 310 g/mol. The van der Waals surface area contributed by atoms with Gasteiger partial charge in [-0.15, -0.1) is 0 Å². The lowest BCUT2D eigenvalue weighted by molar-refractivity contribution is 0.640. The Morgan fingerprint density at radius 3 is 2.62 bits per heavy atom. The van der Waals surface area contributed by atoms with E-state index in [4.69, 9.17) is 4.98 Å². The summed E-state index contributed by atoms with van der Waals surface area (Å²) in [7, 11) is 0. The summed E-state index contributed by atoms with van der Waals surface area (Å²) in [4.78, 5) is 9.54. The minimum absolute atomic E-state index is 0.110. The number of hydrogen-bond donors (Lipinski definition) is 0. The number of nitrogens with zero attached hydrogens (tertiary/aromatic N) is 2. The Labute approximate surface area is 141 Å². The summed E-state index contributed by atoms with van der Waals surface area (Å²) in [5.74, 6) is 0. The maximum Gasteiger partial charge on any atom is 0.0756 e. The summed E-state index contributed by atoms with van der Waals surface area (Å²) in [5, 5.41) is 3.69. The Kier molecular flexibility index (Phi) is 2.52. The van der Waals surface area contributed by atoms with Gasteiger partial charge in [-0.2, -0.15) is 0 Å². The number of aryl methyl sites for hydroxylation is 1. The number of rotatable bonds is 0. The van der Waals surface area contributed by atoms with Crippen molar-refractivity contribution in [1.29, 1.82) is 0 Å². The van der Waals surface area contributed by atoms with Gasteiger partial charge in [0.1, 0.15) is 0 Å². The first-order valence-electron chi connectivity index (χ1n) is 8.35. The molecular weight excluding hydrogens is 292 g/mol. The topological polar surface area (TPSA) is 25.8 Å². The molecule has 0 bridgehead atoms. The van der Waals surface area contributed by atoms with Crippen LogP contribution >= 0.6 is 0 Å². The number of aromatic nitrogens is 2. The summed E-state index contributed by atoms with van der Waals surface area (Å²) < 4.78 is 0. The first-order chi connectivity index (χ1) is 11.6. The Bertz CT molecular complexity index is 1130. The van der Waals surface area contributed by atoms with Crippen molar-refractivity contribution in [3.8, 4) is 11.3 Å². The molecule has 2 heteroatoms. The van der Waals surface area contributed by atoms with Crippen molar-refractivity contribution in [2.24, 2.45) is 0 Å². The number of hydrogen-bond acceptors (Lipinski definition) is 2. The highest BCUT2D eigenvalue weighted by Gasteiger charge is 2.34. The van der Waals surface area contributed by atoms with Crippen LogP contribution in [-0.2, 0) is 5.41 Å². The summed E-state index contributed by atoms with van der Waals surface area (Å²) >= 11 is 0. The van der Waals surface area contributed by atoms with Crippen molar-refractivity contribution < 1.29 is 0 Å². The van der Waals surface area contributed by atoms with Crippen LogP contribution in [0.4, 0.5) is 0 Å². The lowest BCUT2D eigenvalue weighted by atomic mass is 9.70.